The van der Waals surface area contributed by atoms with Crippen LogP contribution in [0, 0.1) is 0 Å². The Bertz CT molecular complexity index is 741. The van der Waals surface area contributed by atoms with Gasteiger partial charge in [-0.2, -0.15) is 0 Å². The van der Waals surface area contributed by atoms with Gasteiger partial charge in [0.1, 0.15) is 0 Å². The van der Waals surface area contributed by atoms with E-state index < -0.39 is 0 Å². The molecule has 2 N–H and O–H groups in total. The lowest BCUT2D eigenvalue weighted by atomic mass is 10.2. The van der Waals surface area contributed by atoms with E-state index in [1.165, 1.54) is 16.5 Å². The smallest absolute Gasteiger partial charge is 0.258 e. The van der Waals surface area contributed by atoms with E-state index in [4.69, 9.17) is 0 Å². The average Bonchev–Trinajstić information content (AvgIpc) is 2.48. The standard InChI is InChI=1S/C15H20N4O3/c1-10(7-13(21)16-2)18(3)9-11-8-14(22)19-6-4-5-12(20)15(19)17-11/h4-6,8,10,20H,7,9H2,1-3H3,(H,16,21)/t10-/m1/s1. The molecule has 0 radical (unpaired) electrons. The van der Waals surface area contributed by atoms with Crippen LogP contribution in [-0.4, -0.2) is 45.4 Å². The number of pyridine rings is 1. The van der Waals surface area contributed by atoms with Crippen LogP contribution in [0.4, 0.5) is 0 Å². The Balaban J connectivity index is 2.23. The molecular weight excluding hydrogens is 284 g/mol. The number of hydrogen-bond acceptors (Lipinski definition) is 5. The molecule has 2 aromatic rings. The number of carbonyl (C=O) groups is 1. The van der Waals surface area contributed by atoms with Crippen LogP contribution in [0.15, 0.2) is 29.2 Å². The van der Waals surface area contributed by atoms with Crippen LogP contribution >= 0.6 is 0 Å². The zero-order valence-corrected chi connectivity index (χ0v) is 12.9. The monoisotopic (exact) mass is 304 g/mol. The molecule has 0 aliphatic carbocycles. The molecule has 7 nitrogen and oxygen atoms in total. The number of amides is 1. The van der Waals surface area contributed by atoms with Gasteiger partial charge in [0.05, 0.1) is 5.69 Å². The van der Waals surface area contributed by atoms with Crippen molar-refractivity contribution in [3.05, 3.63) is 40.4 Å². The van der Waals surface area contributed by atoms with Crippen LogP contribution < -0.4 is 10.9 Å². The molecule has 0 aliphatic rings. The lowest BCUT2D eigenvalue weighted by Gasteiger charge is -2.23. The van der Waals surface area contributed by atoms with Crippen molar-refractivity contribution in [2.24, 2.45) is 0 Å². The molecule has 0 spiro atoms. The summed E-state index contributed by atoms with van der Waals surface area (Å²) in [4.78, 5) is 29.7. The first-order chi connectivity index (χ1) is 10.4. The summed E-state index contributed by atoms with van der Waals surface area (Å²) < 4.78 is 1.30. The molecular formula is C15H20N4O3. The molecule has 2 aromatic heterocycles. The van der Waals surface area contributed by atoms with Crippen LogP contribution in [0.3, 0.4) is 0 Å². The largest absolute Gasteiger partial charge is 0.504 e. The first-order valence-corrected chi connectivity index (χ1v) is 7.03. The SMILES string of the molecule is CNC(=O)C[C@@H](C)N(C)Cc1cc(=O)n2cccc(O)c2n1. The van der Waals surface area contributed by atoms with Crippen molar-refractivity contribution in [1.82, 2.24) is 19.6 Å². The molecule has 22 heavy (non-hydrogen) atoms. The Morgan fingerprint density at radius 1 is 1.55 bits per heavy atom. The fourth-order valence-corrected chi connectivity index (χ4v) is 2.18. The molecule has 0 fully saturated rings. The molecule has 118 valence electrons. The van der Waals surface area contributed by atoms with Gasteiger partial charge in [0.25, 0.3) is 5.56 Å². The van der Waals surface area contributed by atoms with Crippen molar-refractivity contribution in [1.29, 1.82) is 0 Å². The first-order valence-electron chi connectivity index (χ1n) is 7.03. The van der Waals surface area contributed by atoms with Gasteiger partial charge in [-0.1, -0.05) is 0 Å². The maximum absolute atomic E-state index is 12.1. The summed E-state index contributed by atoms with van der Waals surface area (Å²) in [7, 11) is 3.46. The summed E-state index contributed by atoms with van der Waals surface area (Å²) in [5, 5.41) is 12.4. The minimum atomic E-state index is -0.247. The molecule has 2 heterocycles. The third-order valence-electron chi connectivity index (χ3n) is 3.65. The van der Waals surface area contributed by atoms with Crippen molar-refractivity contribution in [3.8, 4) is 5.75 Å². The minimum absolute atomic E-state index is 0.00423. The highest BCUT2D eigenvalue weighted by atomic mass is 16.3. The Morgan fingerprint density at radius 2 is 2.27 bits per heavy atom. The molecule has 0 aromatic carbocycles. The van der Waals surface area contributed by atoms with Gasteiger partial charge in [0, 0.05) is 38.3 Å². The van der Waals surface area contributed by atoms with Crippen LogP contribution in [0.1, 0.15) is 19.0 Å². The highest BCUT2D eigenvalue weighted by Gasteiger charge is 2.15. The zero-order valence-electron chi connectivity index (χ0n) is 12.9. The first kappa shape index (κ1) is 16.0. The van der Waals surface area contributed by atoms with E-state index in [0.717, 1.165) is 0 Å². The van der Waals surface area contributed by atoms with Crippen molar-refractivity contribution in [2.45, 2.75) is 25.9 Å². The molecule has 2 rings (SSSR count). The number of rotatable bonds is 5. The Kier molecular flexibility index (Phi) is 4.77. The van der Waals surface area contributed by atoms with Crippen molar-refractivity contribution in [2.75, 3.05) is 14.1 Å². The Morgan fingerprint density at radius 3 is 2.95 bits per heavy atom. The molecule has 0 unspecified atom stereocenters. The third-order valence-corrected chi connectivity index (χ3v) is 3.65. The van der Waals surface area contributed by atoms with E-state index in [1.807, 2.05) is 18.9 Å². The summed E-state index contributed by atoms with van der Waals surface area (Å²) in [6.45, 7) is 2.35. The summed E-state index contributed by atoms with van der Waals surface area (Å²) >= 11 is 0. The number of aromatic nitrogens is 2. The highest BCUT2D eigenvalue weighted by molar-refractivity contribution is 5.76. The third kappa shape index (κ3) is 3.43. The second kappa shape index (κ2) is 6.57. The van der Waals surface area contributed by atoms with Crippen LogP contribution in [-0.2, 0) is 11.3 Å². The predicted octanol–water partition coefficient (Wildman–Crippen LogP) is 0.356. The molecule has 0 saturated carbocycles. The van der Waals surface area contributed by atoms with Gasteiger partial charge in [-0.25, -0.2) is 4.98 Å². The van der Waals surface area contributed by atoms with E-state index in [0.29, 0.717) is 18.7 Å². The molecule has 0 aliphatic heterocycles. The summed E-state index contributed by atoms with van der Waals surface area (Å²) in [5.74, 6) is -0.0777. The van der Waals surface area contributed by atoms with Crippen molar-refractivity contribution < 1.29 is 9.90 Å². The van der Waals surface area contributed by atoms with Gasteiger partial charge in [0.2, 0.25) is 5.91 Å². The zero-order chi connectivity index (χ0) is 16.3. The average molecular weight is 304 g/mol. The van der Waals surface area contributed by atoms with E-state index >= 15 is 0 Å². The summed E-state index contributed by atoms with van der Waals surface area (Å²) in [6.07, 6.45) is 1.93. The normalized spacial score (nSPS) is 12.5. The lowest BCUT2D eigenvalue weighted by molar-refractivity contribution is -0.121. The molecule has 0 bridgehead atoms. The van der Waals surface area contributed by atoms with Gasteiger partial charge < -0.3 is 10.4 Å². The number of carbonyl (C=O) groups excluding carboxylic acids is 1. The number of hydrogen-bond donors (Lipinski definition) is 2. The second-order valence-electron chi connectivity index (χ2n) is 5.31. The maximum atomic E-state index is 12.1. The molecule has 1 amide bonds. The fraction of sp³-hybridized carbons (Fsp3) is 0.400. The van der Waals surface area contributed by atoms with E-state index in [-0.39, 0.29) is 28.9 Å². The van der Waals surface area contributed by atoms with E-state index in [1.54, 1.807) is 19.3 Å². The predicted molar refractivity (Wildman–Crippen MR) is 82.7 cm³/mol. The van der Waals surface area contributed by atoms with Gasteiger partial charge in [0.15, 0.2) is 11.4 Å². The Labute approximate surface area is 128 Å². The lowest BCUT2D eigenvalue weighted by Crippen LogP contribution is -2.34. The molecule has 1 atom stereocenters. The highest BCUT2D eigenvalue weighted by Crippen LogP contribution is 2.14. The summed E-state index contributed by atoms with van der Waals surface area (Å²) in [5.41, 5.74) is 0.540. The van der Waals surface area contributed by atoms with Gasteiger partial charge in [-0.15, -0.1) is 0 Å². The second-order valence-corrected chi connectivity index (χ2v) is 5.31. The van der Waals surface area contributed by atoms with Crippen LogP contribution in [0.5, 0.6) is 5.75 Å². The Hall–Kier alpha value is -2.41. The quantitative estimate of drug-likeness (QED) is 0.832. The van der Waals surface area contributed by atoms with E-state index in [2.05, 4.69) is 10.3 Å². The van der Waals surface area contributed by atoms with Crippen LogP contribution in [0.25, 0.3) is 5.65 Å². The number of nitrogens with one attached hydrogen (secondary N) is 1. The number of nitrogens with zero attached hydrogens (tertiary/aromatic N) is 3. The fourth-order valence-electron chi connectivity index (χ4n) is 2.18. The van der Waals surface area contributed by atoms with Crippen molar-refractivity contribution in [3.63, 3.8) is 0 Å². The topological polar surface area (TPSA) is 86.9 Å². The van der Waals surface area contributed by atoms with Crippen molar-refractivity contribution >= 4 is 11.6 Å². The number of aromatic hydroxyl groups is 1. The summed E-state index contributed by atoms with van der Waals surface area (Å²) in [6, 6.07) is 4.52. The van der Waals surface area contributed by atoms with E-state index in [9.17, 15) is 14.7 Å². The van der Waals surface area contributed by atoms with Gasteiger partial charge in [-0.3, -0.25) is 18.9 Å². The molecule has 7 heteroatoms. The van der Waals surface area contributed by atoms with Gasteiger partial charge in [-0.05, 0) is 26.1 Å². The molecule has 0 saturated heterocycles. The van der Waals surface area contributed by atoms with Gasteiger partial charge >= 0.3 is 0 Å². The minimum Gasteiger partial charge on any atom is -0.504 e. The maximum Gasteiger partial charge on any atom is 0.258 e. The van der Waals surface area contributed by atoms with Crippen LogP contribution in [0.2, 0.25) is 0 Å². The number of fused-ring (bicyclic) bond motifs is 1.